The van der Waals surface area contributed by atoms with Crippen LogP contribution < -0.4 is 0 Å². The number of benzene rings is 1. The van der Waals surface area contributed by atoms with Gasteiger partial charge in [-0.3, -0.25) is 4.79 Å². The van der Waals surface area contributed by atoms with Crippen LogP contribution in [0.1, 0.15) is 30.9 Å². The Balaban J connectivity index is 2.07. The van der Waals surface area contributed by atoms with Gasteiger partial charge in [-0.05, 0) is 17.5 Å². The molecule has 0 aromatic heterocycles. The molecule has 5 heteroatoms. The monoisotopic (exact) mass is 312 g/mol. The van der Waals surface area contributed by atoms with E-state index in [1.807, 2.05) is 24.3 Å². The number of carbonyl (C=O) groups excluding carboxylic acids is 1. The molecule has 0 saturated carbocycles. The molecule has 0 bridgehead atoms. The zero-order valence-electron chi connectivity index (χ0n) is 12.5. The van der Waals surface area contributed by atoms with Gasteiger partial charge in [0.05, 0.1) is 19.0 Å². The lowest BCUT2D eigenvalue weighted by molar-refractivity contribution is -0.141. The molecule has 0 unspecified atom stereocenters. The lowest BCUT2D eigenvalue weighted by atomic mass is 10.1. The number of hydrogen-bond acceptors (Lipinski definition) is 5. The Kier molecular flexibility index (Phi) is 9.95. The van der Waals surface area contributed by atoms with Crippen molar-refractivity contribution in [2.75, 3.05) is 25.6 Å². The van der Waals surface area contributed by atoms with Crippen molar-refractivity contribution in [3.8, 4) is 0 Å². The molecule has 118 valence electrons. The van der Waals surface area contributed by atoms with Crippen LogP contribution in [0.2, 0.25) is 0 Å². The van der Waals surface area contributed by atoms with Gasteiger partial charge < -0.3 is 14.6 Å². The number of unbranched alkanes of at least 4 members (excludes halogenated alkanes) is 1. The SMILES string of the molecule is CCCCOCCOC(=O)CSCc1cccc(CO)c1. The van der Waals surface area contributed by atoms with Crippen LogP contribution in [0.15, 0.2) is 24.3 Å². The molecule has 0 fully saturated rings. The van der Waals surface area contributed by atoms with Gasteiger partial charge in [0.15, 0.2) is 0 Å². The summed E-state index contributed by atoms with van der Waals surface area (Å²) in [7, 11) is 0. The second kappa shape index (κ2) is 11.6. The summed E-state index contributed by atoms with van der Waals surface area (Å²) in [6, 6.07) is 7.72. The number of carbonyl (C=O) groups is 1. The number of aliphatic hydroxyl groups is 1. The van der Waals surface area contributed by atoms with Gasteiger partial charge in [0.2, 0.25) is 0 Å². The Bertz CT molecular complexity index is 409. The third-order valence-electron chi connectivity index (χ3n) is 2.80. The number of rotatable bonds is 11. The molecule has 0 radical (unpaired) electrons. The highest BCUT2D eigenvalue weighted by Gasteiger charge is 2.04. The molecule has 0 spiro atoms. The molecular formula is C16H24O4S. The van der Waals surface area contributed by atoms with Crippen molar-refractivity contribution in [1.29, 1.82) is 0 Å². The van der Waals surface area contributed by atoms with Crippen LogP contribution in [0.25, 0.3) is 0 Å². The highest BCUT2D eigenvalue weighted by atomic mass is 32.2. The maximum Gasteiger partial charge on any atom is 0.315 e. The molecule has 1 aromatic rings. The highest BCUT2D eigenvalue weighted by molar-refractivity contribution is 7.99. The first-order valence-corrected chi connectivity index (χ1v) is 8.41. The van der Waals surface area contributed by atoms with E-state index in [0.29, 0.717) is 19.0 Å². The van der Waals surface area contributed by atoms with Crippen LogP contribution in [-0.2, 0) is 26.6 Å². The van der Waals surface area contributed by atoms with Gasteiger partial charge in [0, 0.05) is 12.4 Å². The van der Waals surface area contributed by atoms with E-state index in [1.165, 1.54) is 11.8 Å². The van der Waals surface area contributed by atoms with Gasteiger partial charge in [-0.2, -0.15) is 0 Å². The summed E-state index contributed by atoms with van der Waals surface area (Å²) in [5.74, 6) is 0.853. The fourth-order valence-electron chi connectivity index (χ4n) is 1.67. The van der Waals surface area contributed by atoms with Crippen LogP contribution in [0.4, 0.5) is 0 Å². The minimum absolute atomic E-state index is 0.0403. The van der Waals surface area contributed by atoms with Gasteiger partial charge in [0.1, 0.15) is 6.61 Å². The summed E-state index contributed by atoms with van der Waals surface area (Å²) in [6.45, 7) is 3.66. The predicted molar refractivity (Wildman–Crippen MR) is 85.2 cm³/mol. The van der Waals surface area contributed by atoms with Gasteiger partial charge in [-0.25, -0.2) is 0 Å². The standard InChI is InChI=1S/C16H24O4S/c1-2-3-7-19-8-9-20-16(18)13-21-12-15-6-4-5-14(10-15)11-17/h4-6,10,17H,2-3,7-9,11-13H2,1H3. The molecule has 1 rings (SSSR count). The molecule has 0 aliphatic carbocycles. The Labute approximate surface area is 130 Å². The molecule has 1 N–H and O–H groups in total. The quantitative estimate of drug-likeness (QED) is 0.503. The van der Waals surface area contributed by atoms with Crippen LogP contribution in [0, 0.1) is 0 Å². The molecule has 21 heavy (non-hydrogen) atoms. The Hall–Kier alpha value is -1.04. The predicted octanol–water partition coefficient (Wildman–Crippen LogP) is 2.77. The van der Waals surface area contributed by atoms with Crippen molar-refractivity contribution in [3.63, 3.8) is 0 Å². The Morgan fingerprint density at radius 2 is 2.05 bits per heavy atom. The minimum Gasteiger partial charge on any atom is -0.463 e. The van der Waals surface area contributed by atoms with Crippen molar-refractivity contribution < 1.29 is 19.4 Å². The van der Waals surface area contributed by atoms with Crippen molar-refractivity contribution in [3.05, 3.63) is 35.4 Å². The summed E-state index contributed by atoms with van der Waals surface area (Å²) in [5.41, 5.74) is 1.99. The van der Waals surface area contributed by atoms with Crippen LogP contribution in [0.5, 0.6) is 0 Å². The van der Waals surface area contributed by atoms with E-state index in [1.54, 1.807) is 0 Å². The lowest BCUT2D eigenvalue weighted by Crippen LogP contribution is -2.12. The normalized spacial score (nSPS) is 10.6. The van der Waals surface area contributed by atoms with Crippen molar-refractivity contribution in [2.45, 2.75) is 32.1 Å². The second-order valence-electron chi connectivity index (χ2n) is 4.66. The van der Waals surface area contributed by atoms with E-state index in [9.17, 15) is 4.79 Å². The summed E-state index contributed by atoms with van der Waals surface area (Å²) in [6.07, 6.45) is 2.14. The molecule has 0 aliphatic heterocycles. The third-order valence-corrected chi connectivity index (χ3v) is 3.77. The number of ether oxygens (including phenoxy) is 2. The average molecular weight is 312 g/mol. The van der Waals surface area contributed by atoms with Crippen molar-refractivity contribution >= 4 is 17.7 Å². The van der Waals surface area contributed by atoms with Gasteiger partial charge in [-0.1, -0.05) is 37.6 Å². The second-order valence-corrected chi connectivity index (χ2v) is 5.64. The van der Waals surface area contributed by atoms with Gasteiger partial charge in [0.25, 0.3) is 0 Å². The number of aliphatic hydroxyl groups excluding tert-OH is 1. The van der Waals surface area contributed by atoms with Crippen molar-refractivity contribution in [1.82, 2.24) is 0 Å². The van der Waals surface area contributed by atoms with Crippen LogP contribution in [0.3, 0.4) is 0 Å². The smallest absolute Gasteiger partial charge is 0.315 e. The molecule has 1 aromatic carbocycles. The largest absolute Gasteiger partial charge is 0.463 e. The van der Waals surface area contributed by atoms with E-state index < -0.39 is 0 Å². The Morgan fingerprint density at radius 3 is 2.81 bits per heavy atom. The van der Waals surface area contributed by atoms with Crippen molar-refractivity contribution in [2.24, 2.45) is 0 Å². The maximum absolute atomic E-state index is 11.5. The first-order valence-electron chi connectivity index (χ1n) is 7.26. The summed E-state index contributed by atoms with van der Waals surface area (Å²) < 4.78 is 10.4. The van der Waals surface area contributed by atoms with E-state index in [2.05, 4.69) is 6.92 Å². The zero-order chi connectivity index (χ0) is 15.3. The third kappa shape index (κ3) is 8.75. The topological polar surface area (TPSA) is 55.8 Å². The molecule has 0 heterocycles. The summed E-state index contributed by atoms with van der Waals surface area (Å²) >= 11 is 1.51. The molecule has 0 atom stereocenters. The summed E-state index contributed by atoms with van der Waals surface area (Å²) in [5, 5.41) is 9.06. The first kappa shape index (κ1) is 18.0. The van der Waals surface area contributed by atoms with Gasteiger partial charge >= 0.3 is 5.97 Å². The number of hydrogen-bond donors (Lipinski definition) is 1. The zero-order valence-corrected chi connectivity index (χ0v) is 13.4. The highest BCUT2D eigenvalue weighted by Crippen LogP contribution is 2.14. The van der Waals surface area contributed by atoms with E-state index in [-0.39, 0.29) is 12.6 Å². The average Bonchev–Trinajstić information content (AvgIpc) is 2.51. The fraction of sp³-hybridized carbons (Fsp3) is 0.562. The van der Waals surface area contributed by atoms with E-state index in [4.69, 9.17) is 14.6 Å². The molecular weight excluding hydrogens is 288 g/mol. The van der Waals surface area contributed by atoms with E-state index in [0.717, 1.165) is 36.3 Å². The molecule has 0 amide bonds. The van der Waals surface area contributed by atoms with Gasteiger partial charge in [-0.15, -0.1) is 11.8 Å². The fourth-order valence-corrected chi connectivity index (χ4v) is 2.44. The first-order chi connectivity index (χ1) is 10.3. The molecule has 0 saturated heterocycles. The number of thioether (sulfide) groups is 1. The van der Waals surface area contributed by atoms with Crippen LogP contribution >= 0.6 is 11.8 Å². The van der Waals surface area contributed by atoms with E-state index >= 15 is 0 Å². The maximum atomic E-state index is 11.5. The minimum atomic E-state index is -0.211. The lowest BCUT2D eigenvalue weighted by Gasteiger charge is -2.06. The molecule has 4 nitrogen and oxygen atoms in total. The van der Waals surface area contributed by atoms with Crippen LogP contribution in [-0.4, -0.2) is 36.6 Å². The summed E-state index contributed by atoms with van der Waals surface area (Å²) in [4.78, 5) is 11.5. The number of esters is 1. The Morgan fingerprint density at radius 1 is 1.24 bits per heavy atom. The molecule has 0 aliphatic rings.